The first-order chi connectivity index (χ1) is 8.67. The van der Waals surface area contributed by atoms with E-state index in [0.717, 1.165) is 0 Å². The molecule has 0 aromatic heterocycles. The zero-order valence-electron chi connectivity index (χ0n) is 11.8. The van der Waals surface area contributed by atoms with Crippen molar-refractivity contribution < 1.29 is 23.2 Å². The van der Waals surface area contributed by atoms with Gasteiger partial charge in [-0.2, -0.15) is 0 Å². The van der Waals surface area contributed by atoms with Gasteiger partial charge in [0.05, 0.1) is 6.04 Å². The molecule has 19 heavy (non-hydrogen) atoms. The van der Waals surface area contributed by atoms with E-state index in [1.54, 1.807) is 0 Å². The summed E-state index contributed by atoms with van der Waals surface area (Å²) in [5.41, 5.74) is 5.37. The average molecular weight is 295 g/mol. The molecule has 0 bridgehead atoms. The Morgan fingerprint density at radius 2 is 1.53 bits per heavy atom. The Hall–Kier alpha value is -0.950. The second kappa shape index (κ2) is 7.59. The van der Waals surface area contributed by atoms with Gasteiger partial charge in [0, 0.05) is 14.2 Å². The van der Waals surface area contributed by atoms with Crippen LogP contribution in [-0.4, -0.2) is 43.9 Å². The van der Waals surface area contributed by atoms with E-state index in [1.807, 2.05) is 0 Å². The summed E-state index contributed by atoms with van der Waals surface area (Å²) in [5, 5.41) is 4.88. The summed E-state index contributed by atoms with van der Waals surface area (Å²) in [6, 6.07) is -1.51. The summed E-state index contributed by atoms with van der Waals surface area (Å²) < 4.78 is 21.5. The number of hydrogen-bond acceptors (Lipinski definition) is 6. The monoisotopic (exact) mass is 295 g/mol. The van der Waals surface area contributed by atoms with Crippen LogP contribution in [0.15, 0.2) is 0 Å². The molecule has 3 atom stereocenters. The maximum Gasteiger partial charge on any atom is 0.351 e. The number of hydrogen-bond donors (Lipinski definition) is 3. The number of rotatable bonds is 7. The van der Waals surface area contributed by atoms with E-state index in [0.29, 0.717) is 0 Å². The van der Waals surface area contributed by atoms with Crippen molar-refractivity contribution in [1.82, 2.24) is 10.6 Å². The summed E-state index contributed by atoms with van der Waals surface area (Å²) in [7, 11) is -0.928. The molecule has 0 fully saturated rings. The molecule has 0 spiro atoms. The zero-order valence-corrected chi connectivity index (χ0v) is 12.7. The molecule has 0 aliphatic heterocycles. The van der Waals surface area contributed by atoms with E-state index < -0.39 is 37.3 Å². The number of carbonyl (C=O) groups is 2. The molecule has 0 aromatic rings. The lowest BCUT2D eigenvalue weighted by atomic mass is 10.2. The fraction of sp³-hybridized carbons (Fsp3) is 0.800. The Labute approximate surface area is 112 Å². The molecule has 0 rings (SSSR count). The largest absolute Gasteiger partial charge is 0.351 e. The average Bonchev–Trinajstić information content (AvgIpc) is 2.36. The predicted molar refractivity (Wildman–Crippen MR) is 70.5 cm³/mol. The molecule has 0 heterocycles. The van der Waals surface area contributed by atoms with Crippen molar-refractivity contribution in [2.45, 2.75) is 38.6 Å². The van der Waals surface area contributed by atoms with Crippen LogP contribution < -0.4 is 16.4 Å². The zero-order chi connectivity index (χ0) is 15.2. The summed E-state index contributed by atoms with van der Waals surface area (Å²) in [5.74, 6) is -1.78. The molecule has 4 N–H and O–H groups in total. The first-order valence-electron chi connectivity index (χ1n) is 5.75. The SMILES string of the molecule is COP(=O)(OC)[C@H](C)NC(=O)[C@H](C)NC(=O)[C@H](C)N. The van der Waals surface area contributed by atoms with E-state index in [-0.39, 0.29) is 0 Å². The Balaban J connectivity index is 4.53. The van der Waals surface area contributed by atoms with E-state index in [2.05, 4.69) is 10.6 Å². The maximum absolute atomic E-state index is 12.0. The summed E-state index contributed by atoms with van der Waals surface area (Å²) in [4.78, 5) is 23.1. The third-order valence-corrected chi connectivity index (χ3v) is 4.60. The maximum atomic E-state index is 12.0. The lowest BCUT2D eigenvalue weighted by Crippen LogP contribution is -2.50. The molecule has 0 radical (unpaired) electrons. The highest BCUT2D eigenvalue weighted by Crippen LogP contribution is 2.50. The van der Waals surface area contributed by atoms with Gasteiger partial charge in [0.1, 0.15) is 11.8 Å². The van der Waals surface area contributed by atoms with Crippen LogP contribution in [0.2, 0.25) is 0 Å². The second-order valence-corrected chi connectivity index (χ2v) is 6.69. The summed E-state index contributed by atoms with van der Waals surface area (Å²) in [6.45, 7) is 4.49. The molecule has 0 aliphatic carbocycles. The highest BCUT2D eigenvalue weighted by molar-refractivity contribution is 7.54. The van der Waals surface area contributed by atoms with E-state index in [4.69, 9.17) is 14.8 Å². The smallest absolute Gasteiger partial charge is 0.343 e. The Morgan fingerprint density at radius 3 is 1.89 bits per heavy atom. The quantitative estimate of drug-likeness (QED) is 0.559. The second-order valence-electron chi connectivity index (χ2n) is 4.11. The third-order valence-electron chi connectivity index (χ3n) is 2.50. The van der Waals surface area contributed by atoms with Gasteiger partial charge in [-0.1, -0.05) is 0 Å². The van der Waals surface area contributed by atoms with E-state index in [9.17, 15) is 14.2 Å². The number of carbonyl (C=O) groups excluding carboxylic acids is 2. The van der Waals surface area contributed by atoms with E-state index >= 15 is 0 Å². The minimum absolute atomic E-state index is 0.447. The van der Waals surface area contributed by atoms with Crippen molar-refractivity contribution in [3.8, 4) is 0 Å². The molecule has 0 aliphatic rings. The number of nitrogens with one attached hydrogen (secondary N) is 2. The fourth-order valence-electron chi connectivity index (χ4n) is 1.21. The molecule has 0 unspecified atom stereocenters. The molecule has 0 saturated heterocycles. The van der Waals surface area contributed by atoms with Gasteiger partial charge in [0.2, 0.25) is 11.8 Å². The molecular formula is C10H22N3O5P. The van der Waals surface area contributed by atoms with Crippen molar-refractivity contribution in [3.05, 3.63) is 0 Å². The molecule has 112 valence electrons. The van der Waals surface area contributed by atoms with Gasteiger partial charge in [0.25, 0.3) is 0 Å². The van der Waals surface area contributed by atoms with Gasteiger partial charge in [-0.25, -0.2) is 0 Å². The van der Waals surface area contributed by atoms with Gasteiger partial charge in [-0.05, 0) is 20.8 Å². The molecule has 0 aromatic carbocycles. The van der Waals surface area contributed by atoms with Gasteiger partial charge in [0.15, 0.2) is 0 Å². The minimum Gasteiger partial charge on any atom is -0.343 e. The van der Waals surface area contributed by atoms with Crippen molar-refractivity contribution in [2.75, 3.05) is 14.2 Å². The lowest BCUT2D eigenvalue weighted by Gasteiger charge is -2.23. The summed E-state index contributed by atoms with van der Waals surface area (Å²) >= 11 is 0. The predicted octanol–water partition coefficient (Wildman–Crippen LogP) is -0.214. The van der Waals surface area contributed by atoms with Crippen LogP contribution in [0.4, 0.5) is 0 Å². The third kappa shape index (κ3) is 5.28. The Kier molecular flexibility index (Phi) is 7.21. The standard InChI is InChI=1S/C10H22N3O5P/c1-6(11)9(14)12-7(2)10(15)13-8(3)19(16,17-4)18-5/h6-8H,11H2,1-5H3,(H,12,14)(H,13,15)/t6-,7-,8+/m0/s1. The summed E-state index contributed by atoms with van der Waals surface area (Å²) in [6.07, 6.45) is 0. The van der Waals surface area contributed by atoms with Crippen molar-refractivity contribution in [1.29, 1.82) is 0 Å². The van der Waals surface area contributed by atoms with Gasteiger partial charge in [-0.15, -0.1) is 0 Å². The first kappa shape index (κ1) is 18.0. The Bertz CT molecular complexity index is 366. The molecular weight excluding hydrogens is 273 g/mol. The number of nitrogens with two attached hydrogens (primary N) is 1. The highest BCUT2D eigenvalue weighted by atomic mass is 31.2. The minimum atomic E-state index is -3.39. The molecule has 9 heteroatoms. The van der Waals surface area contributed by atoms with Crippen molar-refractivity contribution in [3.63, 3.8) is 0 Å². The number of amides is 2. The van der Waals surface area contributed by atoms with Crippen molar-refractivity contribution in [2.24, 2.45) is 5.73 Å². The molecule has 8 nitrogen and oxygen atoms in total. The van der Waals surface area contributed by atoms with Crippen LogP contribution in [0.1, 0.15) is 20.8 Å². The highest BCUT2D eigenvalue weighted by Gasteiger charge is 2.32. The Morgan fingerprint density at radius 1 is 1.05 bits per heavy atom. The fourth-order valence-corrected chi connectivity index (χ4v) is 2.28. The normalized spacial score (nSPS) is 16.3. The lowest BCUT2D eigenvalue weighted by molar-refractivity contribution is -0.129. The van der Waals surface area contributed by atoms with Gasteiger partial charge in [-0.3, -0.25) is 14.2 Å². The van der Waals surface area contributed by atoms with Gasteiger partial charge < -0.3 is 25.4 Å². The van der Waals surface area contributed by atoms with Crippen LogP contribution in [0.25, 0.3) is 0 Å². The van der Waals surface area contributed by atoms with Crippen LogP contribution >= 0.6 is 7.60 Å². The van der Waals surface area contributed by atoms with Crippen LogP contribution in [0.5, 0.6) is 0 Å². The van der Waals surface area contributed by atoms with Crippen LogP contribution in [-0.2, 0) is 23.2 Å². The van der Waals surface area contributed by atoms with Crippen LogP contribution in [0, 0.1) is 0 Å². The molecule has 0 saturated carbocycles. The van der Waals surface area contributed by atoms with Crippen molar-refractivity contribution >= 4 is 19.4 Å². The topological polar surface area (TPSA) is 120 Å². The van der Waals surface area contributed by atoms with E-state index in [1.165, 1.54) is 35.0 Å². The van der Waals surface area contributed by atoms with Gasteiger partial charge >= 0.3 is 7.60 Å². The van der Waals surface area contributed by atoms with Crippen LogP contribution in [0.3, 0.4) is 0 Å². The molecule has 2 amide bonds. The first-order valence-corrected chi connectivity index (χ1v) is 7.36.